The molecule has 3 N–H and O–H groups in total. The second-order valence-electron chi connectivity index (χ2n) is 4.86. The summed E-state index contributed by atoms with van der Waals surface area (Å²) in [7, 11) is 0. The maximum Gasteiger partial charge on any atom is 0.0882 e. The van der Waals surface area contributed by atoms with Crippen LogP contribution in [0.2, 0.25) is 0 Å². The normalized spacial score (nSPS) is 14.7. The van der Waals surface area contributed by atoms with E-state index in [4.69, 9.17) is 0 Å². The minimum atomic E-state index is -0.913. The summed E-state index contributed by atoms with van der Waals surface area (Å²) in [5.74, 6) is -0.913. The predicted molar refractivity (Wildman–Crippen MR) is 72.1 cm³/mol. The molecular formula is C14H30N2O2. The summed E-state index contributed by atoms with van der Waals surface area (Å²) in [5.41, 5.74) is 0. The van der Waals surface area contributed by atoms with Crippen LogP contribution in [0.1, 0.15) is 58.3 Å². The van der Waals surface area contributed by atoms with Gasteiger partial charge in [0, 0.05) is 19.1 Å². The number of carboxylic acids is 1. The molecule has 1 aliphatic heterocycles. The maximum atomic E-state index is 10.0. The number of quaternary nitrogens is 1. The molecule has 1 fully saturated rings. The fourth-order valence-electron chi connectivity index (χ4n) is 1.90. The van der Waals surface area contributed by atoms with Crippen LogP contribution in [0.3, 0.4) is 0 Å². The molecular weight excluding hydrogens is 228 g/mol. The summed E-state index contributed by atoms with van der Waals surface area (Å²) >= 11 is 0. The lowest BCUT2D eigenvalue weighted by atomic mass is 10.1. The first kappa shape index (κ1) is 17.4. The van der Waals surface area contributed by atoms with Crippen LogP contribution in [0.15, 0.2) is 0 Å². The van der Waals surface area contributed by atoms with Gasteiger partial charge in [-0.2, -0.15) is 0 Å². The second-order valence-corrected chi connectivity index (χ2v) is 4.86. The van der Waals surface area contributed by atoms with Gasteiger partial charge in [0.15, 0.2) is 0 Å². The van der Waals surface area contributed by atoms with Crippen LogP contribution in [0.5, 0.6) is 0 Å². The summed E-state index contributed by atoms with van der Waals surface area (Å²) in [6.07, 6.45) is 8.34. The third-order valence-corrected chi connectivity index (χ3v) is 3.03. The Morgan fingerprint density at radius 2 is 1.61 bits per heavy atom. The number of carboxylic acid groups (broad SMARTS) is 1. The molecule has 0 amide bonds. The van der Waals surface area contributed by atoms with Crippen molar-refractivity contribution < 1.29 is 15.2 Å². The topological polar surface area (TPSA) is 68.8 Å². The van der Waals surface area contributed by atoms with Gasteiger partial charge in [-0.15, -0.1) is 0 Å². The molecule has 1 heterocycles. The molecule has 0 unspecified atom stereocenters. The first-order valence-corrected chi connectivity index (χ1v) is 7.49. The van der Waals surface area contributed by atoms with E-state index in [2.05, 4.69) is 17.6 Å². The molecule has 1 rings (SSSR count). The number of rotatable bonds is 8. The van der Waals surface area contributed by atoms with Gasteiger partial charge in [-0.1, -0.05) is 45.4 Å². The Kier molecular flexibility index (Phi) is 14.0. The number of aliphatic carboxylic acids is 1. The van der Waals surface area contributed by atoms with Crippen molar-refractivity contribution >= 4 is 5.97 Å². The fraction of sp³-hybridized carbons (Fsp3) is 0.929. The molecule has 0 aromatic rings. The van der Waals surface area contributed by atoms with Crippen LogP contribution in [0.25, 0.3) is 0 Å². The van der Waals surface area contributed by atoms with E-state index in [1.807, 2.05) is 0 Å². The molecule has 0 saturated carbocycles. The quantitative estimate of drug-likeness (QED) is 0.604. The van der Waals surface area contributed by atoms with E-state index >= 15 is 0 Å². The van der Waals surface area contributed by atoms with Gasteiger partial charge in [0.05, 0.1) is 13.1 Å². The van der Waals surface area contributed by atoms with E-state index in [1.165, 1.54) is 58.3 Å². The van der Waals surface area contributed by atoms with E-state index in [0.717, 1.165) is 12.8 Å². The van der Waals surface area contributed by atoms with Crippen molar-refractivity contribution in [1.29, 1.82) is 0 Å². The molecule has 1 saturated heterocycles. The minimum absolute atomic E-state index is 0.230. The van der Waals surface area contributed by atoms with Crippen LogP contribution in [-0.2, 0) is 4.79 Å². The number of unbranched alkanes of at least 4 members (excludes halogenated alkanes) is 6. The summed E-state index contributed by atoms with van der Waals surface area (Å²) in [6.45, 7) is 7.11. The Bertz CT molecular complexity index is 171. The monoisotopic (exact) mass is 258 g/mol. The lowest BCUT2D eigenvalue weighted by Gasteiger charge is -2.07. The number of carbonyl (C=O) groups excluding carboxylic acids is 1. The molecule has 0 aliphatic carbocycles. The van der Waals surface area contributed by atoms with E-state index in [-0.39, 0.29) is 6.42 Å². The van der Waals surface area contributed by atoms with Crippen LogP contribution < -0.4 is 15.7 Å². The highest BCUT2D eigenvalue weighted by Crippen LogP contribution is 2.07. The summed E-state index contributed by atoms with van der Waals surface area (Å²) in [4.78, 5) is 10.0. The van der Waals surface area contributed by atoms with Crippen molar-refractivity contribution in [3.8, 4) is 0 Å². The molecule has 0 radical (unpaired) electrons. The highest BCUT2D eigenvalue weighted by atomic mass is 16.4. The van der Waals surface area contributed by atoms with Gasteiger partial charge >= 0.3 is 0 Å². The van der Waals surface area contributed by atoms with Crippen LogP contribution in [0, 0.1) is 0 Å². The Balaban J connectivity index is 0.000000397. The largest absolute Gasteiger partial charge is 0.550 e. The Morgan fingerprint density at radius 3 is 2.00 bits per heavy atom. The van der Waals surface area contributed by atoms with Gasteiger partial charge < -0.3 is 20.5 Å². The average Bonchev–Trinajstić information content (AvgIpc) is 2.40. The first-order chi connectivity index (χ1) is 8.77. The lowest BCUT2D eigenvalue weighted by Crippen LogP contribution is -2.89. The van der Waals surface area contributed by atoms with Gasteiger partial charge in [-0.05, 0) is 12.8 Å². The van der Waals surface area contributed by atoms with Crippen molar-refractivity contribution in [3.63, 3.8) is 0 Å². The van der Waals surface area contributed by atoms with Crippen LogP contribution in [-0.4, -0.2) is 32.1 Å². The molecule has 0 atom stereocenters. The third kappa shape index (κ3) is 15.4. The highest BCUT2D eigenvalue weighted by molar-refractivity contribution is 5.63. The Labute approximate surface area is 112 Å². The van der Waals surface area contributed by atoms with Crippen molar-refractivity contribution in [2.24, 2.45) is 0 Å². The molecule has 0 aromatic carbocycles. The van der Waals surface area contributed by atoms with Crippen molar-refractivity contribution in [1.82, 2.24) is 5.32 Å². The van der Waals surface area contributed by atoms with E-state index in [0.29, 0.717) is 0 Å². The molecule has 18 heavy (non-hydrogen) atoms. The number of hydrogen-bond acceptors (Lipinski definition) is 3. The van der Waals surface area contributed by atoms with Gasteiger partial charge in [0.1, 0.15) is 0 Å². The summed E-state index contributed by atoms with van der Waals surface area (Å²) in [5, 5.41) is 15.6. The molecule has 1 aliphatic rings. The Hall–Kier alpha value is -0.610. The van der Waals surface area contributed by atoms with Crippen LogP contribution in [0.4, 0.5) is 0 Å². The average molecular weight is 258 g/mol. The number of carbonyl (C=O) groups is 1. The number of hydrogen-bond donors (Lipinski definition) is 2. The highest BCUT2D eigenvalue weighted by Gasteiger charge is 1.95. The molecule has 0 spiro atoms. The maximum absolute atomic E-state index is 10.0. The van der Waals surface area contributed by atoms with Gasteiger partial charge in [0.25, 0.3) is 0 Å². The number of nitrogens with one attached hydrogen (secondary N) is 1. The Morgan fingerprint density at radius 1 is 1.06 bits per heavy atom. The third-order valence-electron chi connectivity index (χ3n) is 3.03. The van der Waals surface area contributed by atoms with E-state index < -0.39 is 5.97 Å². The van der Waals surface area contributed by atoms with Gasteiger partial charge in [-0.3, -0.25) is 0 Å². The van der Waals surface area contributed by atoms with E-state index in [1.54, 1.807) is 0 Å². The fourth-order valence-corrected chi connectivity index (χ4v) is 1.90. The zero-order valence-corrected chi connectivity index (χ0v) is 11.9. The zero-order valence-electron chi connectivity index (χ0n) is 11.9. The SMILES string of the molecule is C1C[NH2+]CCN1.CCCCCCCCCC(=O)[O-]. The van der Waals surface area contributed by atoms with Crippen molar-refractivity contribution in [3.05, 3.63) is 0 Å². The molecule has 4 nitrogen and oxygen atoms in total. The number of nitrogens with two attached hydrogens (primary N) is 1. The summed E-state index contributed by atoms with van der Waals surface area (Å²) < 4.78 is 0. The molecule has 0 bridgehead atoms. The predicted octanol–water partition coefficient (Wildman–Crippen LogP) is 0.0300. The molecule has 4 heteroatoms. The lowest BCUT2D eigenvalue weighted by molar-refractivity contribution is -0.657. The summed E-state index contributed by atoms with van der Waals surface area (Å²) in [6, 6.07) is 0. The van der Waals surface area contributed by atoms with Gasteiger partial charge in [-0.25, -0.2) is 0 Å². The smallest absolute Gasteiger partial charge is 0.0882 e. The van der Waals surface area contributed by atoms with E-state index in [9.17, 15) is 9.90 Å². The van der Waals surface area contributed by atoms with Gasteiger partial charge in [0.2, 0.25) is 0 Å². The first-order valence-electron chi connectivity index (χ1n) is 7.49. The minimum Gasteiger partial charge on any atom is -0.550 e. The number of piperazine rings is 1. The van der Waals surface area contributed by atoms with Crippen molar-refractivity contribution in [2.45, 2.75) is 58.3 Å². The zero-order chi connectivity index (χ0) is 13.5. The second kappa shape index (κ2) is 14.5. The van der Waals surface area contributed by atoms with Crippen LogP contribution >= 0.6 is 0 Å². The van der Waals surface area contributed by atoms with Crippen molar-refractivity contribution in [2.75, 3.05) is 26.2 Å². The standard InChI is InChI=1S/C10H20O2.C4H10N2/c1-2-3-4-5-6-7-8-9-10(11)12;1-2-6-4-3-5-1/h2-9H2,1H3,(H,11,12);5-6H,1-4H2. The molecule has 108 valence electrons. The molecule has 0 aromatic heterocycles.